The minimum Gasteiger partial charge on any atom is -0.507 e. The molecule has 10 heteroatoms. The number of hydrogen-bond donors (Lipinski definition) is 2. The Hall–Kier alpha value is -2.86. The summed E-state index contributed by atoms with van der Waals surface area (Å²) in [7, 11) is 14.0. The van der Waals surface area contributed by atoms with Crippen LogP contribution in [0, 0.1) is 13.8 Å². The zero-order valence-corrected chi connectivity index (χ0v) is 35.2. The van der Waals surface area contributed by atoms with Gasteiger partial charge in [-0.15, -0.1) is 0 Å². The van der Waals surface area contributed by atoms with Crippen molar-refractivity contribution in [1.82, 2.24) is 0 Å². The molecule has 10 nitrogen and oxygen atoms in total. The standard InChI is InChI=1S/C44H72N6O4/c1-35-27-37(33-47(3,4)15-11-17-49(7)19-23-53-24-20-49)29-39(43(35)51)31-45-41-13-9-10-14-42(41)46-32-40-30-38(28-36(2)44(40)52)34-48(5,6)16-12-18-50(8)21-25-54-26-22-50/h27-32,41-42H,9-26,33-34H2,1-8H3/q+2/p+2/t41-,42?/m1/s1. The Bertz CT molecular complexity index is 1470. The molecule has 2 heterocycles. The second-order valence-electron chi connectivity index (χ2n) is 18.8. The highest BCUT2D eigenvalue weighted by atomic mass is 16.5. The van der Waals surface area contributed by atoms with E-state index < -0.39 is 0 Å². The second-order valence-corrected chi connectivity index (χ2v) is 18.8. The number of hydrogen-bond acceptors (Lipinski definition) is 6. The first-order valence-electron chi connectivity index (χ1n) is 20.7. The lowest BCUT2D eigenvalue weighted by atomic mass is 9.91. The molecule has 0 aromatic heterocycles. The van der Waals surface area contributed by atoms with E-state index in [9.17, 15) is 10.2 Å². The molecular formula is C44H74N6O4+4. The monoisotopic (exact) mass is 751 g/mol. The average Bonchev–Trinajstić information content (AvgIpc) is 3.10. The number of aliphatic imine (C=N–C) groups is 2. The van der Waals surface area contributed by atoms with Gasteiger partial charge in [0.25, 0.3) is 0 Å². The van der Waals surface area contributed by atoms with Crippen molar-refractivity contribution in [2.75, 3.05) is 121 Å². The Kier molecular flexibility index (Phi) is 14.4. The normalized spacial score (nSPS) is 22.3. The van der Waals surface area contributed by atoms with Crippen LogP contribution < -0.4 is 0 Å². The maximum Gasteiger partial charge on any atom is 0.127 e. The highest BCUT2D eigenvalue weighted by molar-refractivity contribution is 5.85. The molecule has 1 saturated carbocycles. The number of likely N-dealkylation sites (N-methyl/N-ethyl adjacent to an activating group) is 2. The van der Waals surface area contributed by atoms with Crippen molar-refractivity contribution in [3.63, 3.8) is 0 Å². The van der Waals surface area contributed by atoms with Crippen molar-refractivity contribution < 1.29 is 37.6 Å². The number of nitrogens with zero attached hydrogens (tertiary/aromatic N) is 6. The Balaban J connectivity index is 1.22. The molecule has 54 heavy (non-hydrogen) atoms. The van der Waals surface area contributed by atoms with E-state index in [4.69, 9.17) is 19.5 Å². The maximum atomic E-state index is 11.1. The van der Waals surface area contributed by atoms with Gasteiger partial charge in [-0.3, -0.25) is 9.98 Å². The van der Waals surface area contributed by atoms with Gasteiger partial charge in [-0.2, -0.15) is 0 Å². The summed E-state index contributed by atoms with van der Waals surface area (Å²) in [5.41, 5.74) is 5.79. The van der Waals surface area contributed by atoms with Crippen molar-refractivity contribution in [1.29, 1.82) is 0 Å². The first-order valence-corrected chi connectivity index (χ1v) is 20.7. The quantitative estimate of drug-likeness (QED) is 0.177. The van der Waals surface area contributed by atoms with Crippen LogP contribution in [-0.4, -0.2) is 174 Å². The fourth-order valence-corrected chi connectivity index (χ4v) is 8.86. The summed E-state index contributed by atoms with van der Waals surface area (Å²) in [6, 6.07) is 8.58. The van der Waals surface area contributed by atoms with E-state index in [0.717, 1.165) is 145 Å². The second kappa shape index (κ2) is 18.4. The fourth-order valence-electron chi connectivity index (χ4n) is 8.86. The van der Waals surface area contributed by atoms with Crippen LogP contribution in [0.5, 0.6) is 11.5 Å². The molecule has 2 aliphatic heterocycles. The van der Waals surface area contributed by atoms with Gasteiger partial charge in [0.2, 0.25) is 0 Å². The molecule has 1 unspecified atom stereocenters. The minimum absolute atomic E-state index is 0.0354. The SMILES string of the molecule is Cc1cc(C[N+](C)(C)CCC[N+]2(C)CCOCC2)cc(/C=N/C2CCCC[C@H]2/N=C/c2cc(C[N+](C)(C)CCC[N+]3(C)CCOCC3)cc(C)c2O)c1O. The summed E-state index contributed by atoms with van der Waals surface area (Å²) in [5, 5.41) is 22.2. The maximum absolute atomic E-state index is 11.1. The first kappa shape index (κ1) is 42.3. The summed E-state index contributed by atoms with van der Waals surface area (Å²) >= 11 is 0. The van der Waals surface area contributed by atoms with E-state index in [1.165, 1.54) is 37.1 Å². The van der Waals surface area contributed by atoms with Crippen molar-refractivity contribution in [2.45, 2.75) is 77.5 Å². The zero-order valence-electron chi connectivity index (χ0n) is 35.2. The molecular weight excluding hydrogens is 677 g/mol. The minimum atomic E-state index is 0.0354. The van der Waals surface area contributed by atoms with Crippen LogP contribution in [-0.2, 0) is 22.6 Å². The van der Waals surface area contributed by atoms with E-state index in [1.54, 1.807) is 0 Å². The van der Waals surface area contributed by atoms with Gasteiger partial charge in [0.15, 0.2) is 0 Å². The molecule has 5 rings (SSSR count). The molecule has 0 spiro atoms. The Labute approximate surface area is 327 Å². The van der Waals surface area contributed by atoms with Gasteiger partial charge in [-0.1, -0.05) is 12.8 Å². The molecule has 300 valence electrons. The highest BCUT2D eigenvalue weighted by Crippen LogP contribution is 2.29. The smallest absolute Gasteiger partial charge is 0.127 e. The number of phenolic OH excluding ortho intramolecular Hbond substituents is 2. The summed E-state index contributed by atoms with van der Waals surface area (Å²) in [5.74, 6) is 0.618. The zero-order chi connectivity index (χ0) is 39.0. The number of morpholine rings is 2. The van der Waals surface area contributed by atoms with Crippen molar-refractivity contribution in [2.24, 2.45) is 9.98 Å². The Morgan fingerprint density at radius 2 is 1.02 bits per heavy atom. The lowest BCUT2D eigenvalue weighted by molar-refractivity contribution is -0.929. The predicted octanol–water partition coefficient (Wildman–Crippen LogP) is 5.45. The molecule has 3 fully saturated rings. The van der Waals surface area contributed by atoms with Gasteiger partial charge >= 0.3 is 0 Å². The van der Waals surface area contributed by atoms with Gasteiger partial charge in [0.1, 0.15) is 50.8 Å². The number of benzene rings is 2. The van der Waals surface area contributed by atoms with Crippen LogP contribution in [0.3, 0.4) is 0 Å². The van der Waals surface area contributed by atoms with Gasteiger partial charge in [0.05, 0.1) is 107 Å². The van der Waals surface area contributed by atoms with Gasteiger partial charge in [-0.25, -0.2) is 0 Å². The highest BCUT2D eigenvalue weighted by Gasteiger charge is 2.29. The van der Waals surface area contributed by atoms with E-state index in [0.29, 0.717) is 11.5 Å². The van der Waals surface area contributed by atoms with Crippen LogP contribution in [0.4, 0.5) is 0 Å². The molecule has 0 radical (unpaired) electrons. The molecule has 2 N–H and O–H groups in total. The Morgan fingerprint density at radius 3 is 1.39 bits per heavy atom. The van der Waals surface area contributed by atoms with Crippen molar-refractivity contribution in [3.05, 3.63) is 57.6 Å². The third-order valence-electron chi connectivity index (χ3n) is 12.5. The lowest BCUT2D eigenvalue weighted by Gasteiger charge is -2.38. The van der Waals surface area contributed by atoms with E-state index >= 15 is 0 Å². The van der Waals surface area contributed by atoms with Crippen LogP contribution in [0.1, 0.15) is 71.9 Å². The van der Waals surface area contributed by atoms with Crippen molar-refractivity contribution in [3.8, 4) is 11.5 Å². The predicted molar refractivity (Wildman–Crippen MR) is 221 cm³/mol. The first-order chi connectivity index (χ1) is 25.5. The van der Waals surface area contributed by atoms with E-state index in [1.807, 2.05) is 26.3 Å². The largest absolute Gasteiger partial charge is 0.507 e. The number of ether oxygens (including phenoxy) is 2. The summed E-state index contributed by atoms with van der Waals surface area (Å²) in [6.45, 7) is 18.2. The molecule has 0 bridgehead atoms. The van der Waals surface area contributed by atoms with Crippen LogP contribution >= 0.6 is 0 Å². The summed E-state index contributed by atoms with van der Waals surface area (Å²) < 4.78 is 15.2. The van der Waals surface area contributed by atoms with Crippen LogP contribution in [0.15, 0.2) is 34.3 Å². The molecule has 0 amide bonds. The van der Waals surface area contributed by atoms with Crippen LogP contribution in [0.2, 0.25) is 0 Å². The number of rotatable bonds is 16. The molecule has 3 aliphatic rings. The number of quaternary nitrogens is 4. The van der Waals surface area contributed by atoms with E-state index in [-0.39, 0.29) is 12.1 Å². The fraction of sp³-hybridized carbons (Fsp3) is 0.682. The van der Waals surface area contributed by atoms with E-state index in [2.05, 4.69) is 66.6 Å². The molecule has 2 aromatic carbocycles. The number of aromatic hydroxyl groups is 2. The van der Waals surface area contributed by atoms with Gasteiger partial charge in [0, 0.05) is 47.5 Å². The summed E-state index contributed by atoms with van der Waals surface area (Å²) in [6.07, 6.45) is 10.3. The molecule has 2 saturated heterocycles. The van der Waals surface area contributed by atoms with Crippen LogP contribution in [0.25, 0.3) is 0 Å². The van der Waals surface area contributed by atoms with Crippen molar-refractivity contribution >= 4 is 12.4 Å². The van der Waals surface area contributed by atoms with Gasteiger partial charge in [-0.05, 0) is 62.1 Å². The topological polar surface area (TPSA) is 83.6 Å². The summed E-state index contributed by atoms with van der Waals surface area (Å²) in [4.78, 5) is 10.2. The number of aryl methyl sites for hydroxylation is 2. The lowest BCUT2D eigenvalue weighted by Crippen LogP contribution is -2.53. The molecule has 2 aromatic rings. The molecule has 1 aliphatic carbocycles. The number of phenols is 2. The average molecular weight is 751 g/mol. The molecule has 2 atom stereocenters. The third kappa shape index (κ3) is 12.3. The third-order valence-corrected chi connectivity index (χ3v) is 12.5. The Morgan fingerprint density at radius 1 is 0.648 bits per heavy atom. The van der Waals surface area contributed by atoms with Gasteiger partial charge < -0.3 is 37.6 Å².